The third-order valence-electron chi connectivity index (χ3n) is 2.81. The van der Waals surface area contributed by atoms with Crippen LogP contribution in [0.4, 0.5) is 14.5 Å². The molecule has 18 heavy (non-hydrogen) atoms. The fourth-order valence-corrected chi connectivity index (χ4v) is 1.29. The van der Waals surface area contributed by atoms with Crippen LogP contribution in [-0.2, 0) is 4.79 Å². The maximum Gasteiger partial charge on any atom is 0.238 e. The maximum atomic E-state index is 13.3. The van der Waals surface area contributed by atoms with Gasteiger partial charge in [-0.2, -0.15) is 0 Å². The van der Waals surface area contributed by atoms with Gasteiger partial charge in [0.25, 0.3) is 0 Å². The van der Waals surface area contributed by atoms with Crippen molar-refractivity contribution >= 4 is 11.6 Å². The second-order valence-electron chi connectivity index (χ2n) is 4.56. The molecular weight excluding hydrogens is 238 g/mol. The van der Waals surface area contributed by atoms with E-state index in [2.05, 4.69) is 10.6 Å². The van der Waals surface area contributed by atoms with Gasteiger partial charge < -0.3 is 10.6 Å². The Morgan fingerprint density at radius 2 is 1.78 bits per heavy atom. The monoisotopic (exact) mass is 256 g/mol. The molecule has 1 rings (SSSR count). The number of hydrogen-bond donors (Lipinski definition) is 2. The number of rotatable bonds is 5. The first-order chi connectivity index (χ1) is 8.41. The molecule has 0 saturated carbocycles. The third kappa shape index (κ3) is 4.07. The van der Waals surface area contributed by atoms with Gasteiger partial charge in [-0.05, 0) is 25.0 Å². The Kier molecular flexibility index (Phi) is 5.22. The van der Waals surface area contributed by atoms with Crippen LogP contribution in [0.25, 0.3) is 0 Å². The number of anilines is 1. The van der Waals surface area contributed by atoms with Crippen LogP contribution in [0.5, 0.6) is 0 Å². The molecule has 1 aromatic rings. The Morgan fingerprint density at radius 1 is 1.22 bits per heavy atom. The quantitative estimate of drug-likeness (QED) is 0.850. The van der Waals surface area contributed by atoms with E-state index in [1.807, 2.05) is 20.8 Å². The molecule has 100 valence electrons. The average molecular weight is 256 g/mol. The Hall–Kier alpha value is -1.49. The molecule has 0 saturated heterocycles. The van der Waals surface area contributed by atoms with E-state index in [1.54, 1.807) is 0 Å². The summed E-state index contributed by atoms with van der Waals surface area (Å²) in [7, 11) is 0. The smallest absolute Gasteiger partial charge is 0.238 e. The second-order valence-corrected chi connectivity index (χ2v) is 4.56. The normalized spacial score (nSPS) is 12.6. The minimum absolute atomic E-state index is 0.0210. The van der Waals surface area contributed by atoms with Gasteiger partial charge in [0.2, 0.25) is 5.91 Å². The lowest BCUT2D eigenvalue weighted by Crippen LogP contribution is -2.37. The predicted molar refractivity (Wildman–Crippen MR) is 67.3 cm³/mol. The van der Waals surface area contributed by atoms with Gasteiger partial charge in [0, 0.05) is 6.04 Å². The first kappa shape index (κ1) is 14.6. The van der Waals surface area contributed by atoms with Gasteiger partial charge in [0.05, 0.1) is 6.54 Å². The zero-order valence-corrected chi connectivity index (χ0v) is 10.8. The van der Waals surface area contributed by atoms with E-state index in [0.29, 0.717) is 5.92 Å². The SMILES string of the molecule is CC(C)C(C)NCC(=O)Nc1c(F)cccc1F. The molecule has 0 aliphatic rings. The topological polar surface area (TPSA) is 41.1 Å². The molecule has 0 aliphatic heterocycles. The van der Waals surface area contributed by atoms with Gasteiger partial charge in [-0.3, -0.25) is 4.79 Å². The average Bonchev–Trinajstić information content (AvgIpc) is 2.30. The number of amides is 1. The summed E-state index contributed by atoms with van der Waals surface area (Å²) in [6, 6.07) is 3.60. The van der Waals surface area contributed by atoms with Crippen LogP contribution in [0, 0.1) is 17.6 Å². The first-order valence-electron chi connectivity index (χ1n) is 5.89. The maximum absolute atomic E-state index is 13.3. The molecule has 2 N–H and O–H groups in total. The minimum Gasteiger partial charge on any atom is -0.320 e. The highest BCUT2D eigenvalue weighted by Crippen LogP contribution is 2.17. The lowest BCUT2D eigenvalue weighted by atomic mass is 10.1. The van der Waals surface area contributed by atoms with Crippen molar-refractivity contribution in [3.05, 3.63) is 29.8 Å². The van der Waals surface area contributed by atoms with Crippen LogP contribution in [0.2, 0.25) is 0 Å². The van der Waals surface area contributed by atoms with E-state index in [1.165, 1.54) is 6.07 Å². The molecule has 0 heterocycles. The number of halogens is 2. The molecule has 0 fully saturated rings. The molecule has 0 aromatic heterocycles. The fraction of sp³-hybridized carbons (Fsp3) is 0.462. The van der Waals surface area contributed by atoms with Crippen molar-refractivity contribution in [2.24, 2.45) is 5.92 Å². The summed E-state index contributed by atoms with van der Waals surface area (Å²) in [6.45, 7) is 6.01. The molecule has 1 unspecified atom stereocenters. The van der Waals surface area contributed by atoms with Crippen LogP contribution in [-0.4, -0.2) is 18.5 Å². The van der Waals surface area contributed by atoms with E-state index in [-0.39, 0.29) is 12.6 Å². The lowest BCUT2D eigenvalue weighted by Gasteiger charge is -2.17. The van der Waals surface area contributed by atoms with E-state index in [9.17, 15) is 13.6 Å². The molecule has 1 aromatic carbocycles. The summed E-state index contributed by atoms with van der Waals surface area (Å²) in [4.78, 5) is 11.5. The van der Waals surface area contributed by atoms with Crippen molar-refractivity contribution in [2.75, 3.05) is 11.9 Å². The summed E-state index contributed by atoms with van der Waals surface area (Å²) >= 11 is 0. The standard InChI is InChI=1S/C13H18F2N2O/c1-8(2)9(3)16-7-12(18)17-13-10(14)5-4-6-11(13)15/h4-6,8-9,16H,7H2,1-3H3,(H,17,18). The van der Waals surface area contributed by atoms with Crippen LogP contribution in [0.15, 0.2) is 18.2 Å². The van der Waals surface area contributed by atoms with Crippen LogP contribution in [0.3, 0.4) is 0 Å². The summed E-state index contributed by atoms with van der Waals surface area (Å²) in [5.41, 5.74) is -0.401. The summed E-state index contributed by atoms with van der Waals surface area (Å²) in [5, 5.41) is 5.21. The molecule has 5 heteroatoms. The molecule has 3 nitrogen and oxygen atoms in total. The number of carbonyl (C=O) groups excluding carboxylic acids is 1. The summed E-state index contributed by atoms with van der Waals surface area (Å²) in [6.07, 6.45) is 0. The van der Waals surface area contributed by atoms with Gasteiger partial charge >= 0.3 is 0 Å². The molecule has 1 atom stereocenters. The van der Waals surface area contributed by atoms with Gasteiger partial charge in [-0.1, -0.05) is 19.9 Å². The van der Waals surface area contributed by atoms with Crippen molar-refractivity contribution in [3.8, 4) is 0 Å². The minimum atomic E-state index is -0.778. The van der Waals surface area contributed by atoms with Crippen LogP contribution in [0.1, 0.15) is 20.8 Å². The Balaban J connectivity index is 2.55. The van der Waals surface area contributed by atoms with E-state index >= 15 is 0 Å². The van der Waals surface area contributed by atoms with Crippen LogP contribution >= 0.6 is 0 Å². The number of para-hydroxylation sites is 1. The van der Waals surface area contributed by atoms with Gasteiger partial charge in [0.15, 0.2) is 0 Å². The van der Waals surface area contributed by atoms with Crippen molar-refractivity contribution in [3.63, 3.8) is 0 Å². The summed E-state index contributed by atoms with van der Waals surface area (Å²) < 4.78 is 26.5. The van der Waals surface area contributed by atoms with Gasteiger partial charge in [-0.15, -0.1) is 0 Å². The molecular formula is C13H18F2N2O. The Morgan fingerprint density at radius 3 is 2.28 bits per heavy atom. The molecule has 1 amide bonds. The number of hydrogen-bond acceptors (Lipinski definition) is 2. The Labute approximate surface area is 106 Å². The molecule has 0 aliphatic carbocycles. The number of nitrogens with one attached hydrogen (secondary N) is 2. The molecule has 0 radical (unpaired) electrons. The summed E-state index contributed by atoms with van der Waals surface area (Å²) in [5.74, 6) is -1.64. The highest BCUT2D eigenvalue weighted by Gasteiger charge is 2.13. The Bertz CT molecular complexity index is 401. The number of benzene rings is 1. The first-order valence-corrected chi connectivity index (χ1v) is 5.89. The lowest BCUT2D eigenvalue weighted by molar-refractivity contribution is -0.115. The predicted octanol–water partition coefficient (Wildman–Crippen LogP) is 2.54. The molecule has 0 bridgehead atoms. The van der Waals surface area contributed by atoms with Gasteiger partial charge in [-0.25, -0.2) is 8.78 Å². The highest BCUT2D eigenvalue weighted by atomic mass is 19.1. The third-order valence-corrected chi connectivity index (χ3v) is 2.81. The highest BCUT2D eigenvalue weighted by molar-refractivity contribution is 5.92. The zero-order valence-electron chi connectivity index (χ0n) is 10.8. The van der Waals surface area contributed by atoms with Gasteiger partial charge in [0.1, 0.15) is 17.3 Å². The van der Waals surface area contributed by atoms with Crippen molar-refractivity contribution < 1.29 is 13.6 Å². The van der Waals surface area contributed by atoms with E-state index in [0.717, 1.165) is 12.1 Å². The largest absolute Gasteiger partial charge is 0.320 e. The zero-order chi connectivity index (χ0) is 13.7. The number of carbonyl (C=O) groups is 1. The van der Waals surface area contributed by atoms with E-state index < -0.39 is 23.2 Å². The van der Waals surface area contributed by atoms with Crippen molar-refractivity contribution in [1.29, 1.82) is 0 Å². The van der Waals surface area contributed by atoms with E-state index in [4.69, 9.17) is 0 Å². The van der Waals surface area contributed by atoms with Crippen LogP contribution < -0.4 is 10.6 Å². The fourth-order valence-electron chi connectivity index (χ4n) is 1.29. The second kappa shape index (κ2) is 6.44. The molecule has 0 spiro atoms. The van der Waals surface area contributed by atoms with Crippen molar-refractivity contribution in [2.45, 2.75) is 26.8 Å². The van der Waals surface area contributed by atoms with Crippen molar-refractivity contribution in [1.82, 2.24) is 5.32 Å².